The summed E-state index contributed by atoms with van der Waals surface area (Å²) in [6, 6.07) is 11.9. The van der Waals surface area contributed by atoms with E-state index < -0.39 is 10.2 Å². The molecule has 1 fully saturated rings. The number of imidazole rings is 1. The molecule has 160 valence electrons. The Labute approximate surface area is 184 Å². The number of hydrogen-bond acceptors (Lipinski definition) is 7. The molecule has 11 heteroatoms. The van der Waals surface area contributed by atoms with Crippen LogP contribution in [0.2, 0.25) is 0 Å². The first-order valence-corrected chi connectivity index (χ1v) is 12.3. The zero-order valence-corrected chi connectivity index (χ0v) is 18.2. The molecule has 1 aromatic carbocycles. The SMILES string of the molecule is O=S1(=O)NCCCN1CCNc1nccc(-c2c(-c3ccccc3)nc3sccn23)n1. The molecule has 0 saturated carbocycles. The number of hydrogen-bond donors (Lipinski definition) is 2. The molecule has 5 rings (SSSR count). The Hall–Kier alpha value is -2.86. The van der Waals surface area contributed by atoms with Crippen molar-refractivity contribution in [2.24, 2.45) is 0 Å². The van der Waals surface area contributed by atoms with Crippen molar-refractivity contribution in [2.75, 3.05) is 31.5 Å². The van der Waals surface area contributed by atoms with E-state index in [2.05, 4.69) is 20.0 Å². The number of anilines is 1. The summed E-state index contributed by atoms with van der Waals surface area (Å²) in [6.07, 6.45) is 4.48. The summed E-state index contributed by atoms with van der Waals surface area (Å²) >= 11 is 1.57. The third kappa shape index (κ3) is 4.04. The summed E-state index contributed by atoms with van der Waals surface area (Å²) in [4.78, 5) is 14.7. The summed E-state index contributed by atoms with van der Waals surface area (Å²) in [6.45, 7) is 1.77. The fourth-order valence-corrected chi connectivity index (χ4v) is 5.60. The smallest absolute Gasteiger partial charge is 0.279 e. The van der Waals surface area contributed by atoms with E-state index in [1.54, 1.807) is 17.5 Å². The van der Waals surface area contributed by atoms with Gasteiger partial charge >= 0.3 is 0 Å². The lowest BCUT2D eigenvalue weighted by atomic mass is 10.1. The average Bonchev–Trinajstić information content (AvgIpc) is 3.37. The Kier molecular flexibility index (Phi) is 5.40. The van der Waals surface area contributed by atoms with Gasteiger partial charge in [-0.2, -0.15) is 12.7 Å². The van der Waals surface area contributed by atoms with Crippen LogP contribution >= 0.6 is 11.3 Å². The summed E-state index contributed by atoms with van der Waals surface area (Å²) < 4.78 is 30.1. The van der Waals surface area contributed by atoms with E-state index in [0.717, 1.165) is 34.0 Å². The second-order valence-corrected chi connectivity index (χ2v) is 9.70. The highest BCUT2D eigenvalue weighted by Crippen LogP contribution is 2.33. The van der Waals surface area contributed by atoms with Crippen molar-refractivity contribution in [3.63, 3.8) is 0 Å². The van der Waals surface area contributed by atoms with E-state index in [1.165, 1.54) is 4.31 Å². The van der Waals surface area contributed by atoms with Crippen LogP contribution in [0.5, 0.6) is 0 Å². The van der Waals surface area contributed by atoms with E-state index in [0.29, 0.717) is 32.1 Å². The second-order valence-electron chi connectivity index (χ2n) is 7.07. The summed E-state index contributed by atoms with van der Waals surface area (Å²) in [7, 11) is -3.38. The van der Waals surface area contributed by atoms with Gasteiger partial charge in [-0.1, -0.05) is 30.3 Å². The highest BCUT2D eigenvalue weighted by atomic mass is 32.2. The largest absolute Gasteiger partial charge is 0.353 e. The van der Waals surface area contributed by atoms with Crippen molar-refractivity contribution >= 4 is 32.5 Å². The minimum Gasteiger partial charge on any atom is -0.353 e. The van der Waals surface area contributed by atoms with E-state index in [4.69, 9.17) is 4.98 Å². The molecule has 31 heavy (non-hydrogen) atoms. The standard InChI is InChI=1S/C20H21N7O2S2/c28-31(29)23-8-4-11-26(31)12-10-22-19-21-9-7-16(24-19)18-17(15-5-2-1-3-6-15)25-20-27(18)13-14-30-20/h1-3,5-7,9,13-14,23H,4,8,10-12H2,(H,21,22,24). The Morgan fingerprint density at radius 1 is 1.16 bits per heavy atom. The molecule has 1 aliphatic rings. The predicted octanol–water partition coefficient (Wildman–Crippen LogP) is 2.47. The molecule has 0 aliphatic carbocycles. The number of fused-ring (bicyclic) bond motifs is 1. The molecule has 4 aromatic rings. The molecule has 9 nitrogen and oxygen atoms in total. The van der Waals surface area contributed by atoms with E-state index in [-0.39, 0.29) is 0 Å². The van der Waals surface area contributed by atoms with Crippen LogP contribution < -0.4 is 10.0 Å². The zero-order valence-electron chi connectivity index (χ0n) is 16.6. The Balaban J connectivity index is 1.41. The maximum Gasteiger partial charge on any atom is 0.279 e. The van der Waals surface area contributed by atoms with Gasteiger partial charge in [-0.25, -0.2) is 19.7 Å². The molecule has 3 aromatic heterocycles. The van der Waals surface area contributed by atoms with Gasteiger partial charge in [0.25, 0.3) is 10.2 Å². The van der Waals surface area contributed by atoms with E-state index in [1.807, 2.05) is 52.4 Å². The number of benzene rings is 1. The third-order valence-electron chi connectivity index (χ3n) is 5.06. The fraction of sp³-hybridized carbons (Fsp3) is 0.250. The number of thiazole rings is 1. The first-order valence-electron chi connectivity index (χ1n) is 9.95. The summed E-state index contributed by atoms with van der Waals surface area (Å²) in [5, 5.41) is 5.14. The molecule has 2 N–H and O–H groups in total. The van der Waals surface area contributed by atoms with Crippen LogP contribution in [0.4, 0.5) is 5.95 Å². The topological polar surface area (TPSA) is 105 Å². The molecule has 1 saturated heterocycles. The third-order valence-corrected chi connectivity index (χ3v) is 7.43. The van der Waals surface area contributed by atoms with E-state index >= 15 is 0 Å². The van der Waals surface area contributed by atoms with Crippen molar-refractivity contribution in [3.05, 3.63) is 54.2 Å². The van der Waals surface area contributed by atoms with Crippen LogP contribution in [0.25, 0.3) is 27.6 Å². The molecule has 4 heterocycles. The van der Waals surface area contributed by atoms with Gasteiger partial charge in [-0.15, -0.1) is 11.3 Å². The summed E-state index contributed by atoms with van der Waals surface area (Å²) in [5.41, 5.74) is 3.53. The van der Waals surface area contributed by atoms with Gasteiger partial charge in [0.2, 0.25) is 5.95 Å². The molecule has 1 aliphatic heterocycles. The number of aromatic nitrogens is 4. The molecule has 0 unspecified atom stereocenters. The van der Waals surface area contributed by atoms with Crippen LogP contribution in [-0.4, -0.2) is 58.3 Å². The molecular formula is C20H21N7O2S2. The Morgan fingerprint density at radius 2 is 2.03 bits per heavy atom. The van der Waals surface area contributed by atoms with Crippen molar-refractivity contribution in [1.29, 1.82) is 0 Å². The van der Waals surface area contributed by atoms with Gasteiger partial charge in [0.1, 0.15) is 5.69 Å². The second kappa shape index (κ2) is 8.35. The molecule has 0 atom stereocenters. The zero-order chi connectivity index (χ0) is 21.3. The van der Waals surface area contributed by atoms with Gasteiger partial charge in [-0.05, 0) is 12.5 Å². The van der Waals surface area contributed by atoms with Gasteiger partial charge in [0.05, 0.1) is 11.4 Å². The lowest BCUT2D eigenvalue weighted by molar-refractivity contribution is 0.383. The minimum atomic E-state index is -3.38. The van der Waals surface area contributed by atoms with Gasteiger partial charge in [0.15, 0.2) is 4.96 Å². The normalized spacial score (nSPS) is 16.5. The van der Waals surface area contributed by atoms with Crippen LogP contribution in [-0.2, 0) is 10.2 Å². The van der Waals surface area contributed by atoms with Crippen molar-refractivity contribution < 1.29 is 8.42 Å². The molecular weight excluding hydrogens is 434 g/mol. The van der Waals surface area contributed by atoms with Crippen molar-refractivity contribution in [2.45, 2.75) is 6.42 Å². The van der Waals surface area contributed by atoms with Crippen LogP contribution in [0.15, 0.2) is 54.2 Å². The fourth-order valence-electron chi connectivity index (χ4n) is 3.60. The lowest BCUT2D eigenvalue weighted by Gasteiger charge is -2.26. The molecule has 0 radical (unpaired) electrons. The monoisotopic (exact) mass is 455 g/mol. The highest BCUT2D eigenvalue weighted by Gasteiger charge is 2.24. The average molecular weight is 456 g/mol. The Bertz CT molecular complexity index is 1300. The van der Waals surface area contributed by atoms with Gasteiger partial charge in [-0.3, -0.25) is 4.40 Å². The molecule has 0 amide bonds. The number of nitrogens with one attached hydrogen (secondary N) is 2. The van der Waals surface area contributed by atoms with Crippen LogP contribution in [0, 0.1) is 0 Å². The Morgan fingerprint density at radius 3 is 2.87 bits per heavy atom. The van der Waals surface area contributed by atoms with Crippen molar-refractivity contribution in [3.8, 4) is 22.6 Å². The summed E-state index contributed by atoms with van der Waals surface area (Å²) in [5.74, 6) is 0.448. The van der Waals surface area contributed by atoms with Gasteiger partial charge < -0.3 is 5.32 Å². The first-order chi connectivity index (χ1) is 15.1. The minimum absolute atomic E-state index is 0.347. The van der Waals surface area contributed by atoms with Gasteiger partial charge in [0, 0.05) is 49.5 Å². The molecule has 0 spiro atoms. The maximum absolute atomic E-state index is 12.1. The molecule has 0 bridgehead atoms. The van der Waals surface area contributed by atoms with Crippen molar-refractivity contribution in [1.82, 2.24) is 28.4 Å². The number of rotatable bonds is 6. The van der Waals surface area contributed by atoms with E-state index in [9.17, 15) is 8.42 Å². The van der Waals surface area contributed by atoms with Crippen LogP contribution in [0.3, 0.4) is 0 Å². The predicted molar refractivity (Wildman–Crippen MR) is 121 cm³/mol. The first kappa shape index (κ1) is 20.1. The maximum atomic E-state index is 12.1. The lowest BCUT2D eigenvalue weighted by Crippen LogP contribution is -2.48. The highest BCUT2D eigenvalue weighted by molar-refractivity contribution is 7.87. The quantitative estimate of drug-likeness (QED) is 0.463. The number of nitrogens with zero attached hydrogens (tertiary/aromatic N) is 5. The van der Waals surface area contributed by atoms with Crippen LogP contribution in [0.1, 0.15) is 6.42 Å².